The lowest BCUT2D eigenvalue weighted by atomic mass is 9.66. The van der Waals surface area contributed by atoms with Crippen molar-refractivity contribution in [2.75, 3.05) is 0 Å². The van der Waals surface area contributed by atoms with Gasteiger partial charge in [0.05, 0.1) is 17.2 Å². The maximum atomic E-state index is 10.8. The Bertz CT molecular complexity index is 488. The zero-order valence-corrected chi connectivity index (χ0v) is 12.1. The SMILES string of the molecule is CCc1nn(C)cc1C(O)C1(C#N)CCCC(C)C1. The Kier molecular flexibility index (Phi) is 3.96. The van der Waals surface area contributed by atoms with Crippen molar-refractivity contribution < 1.29 is 5.11 Å². The van der Waals surface area contributed by atoms with Crippen LogP contribution in [-0.2, 0) is 13.5 Å². The number of hydrogen-bond acceptors (Lipinski definition) is 3. The molecular weight excluding hydrogens is 238 g/mol. The third-order valence-corrected chi connectivity index (χ3v) is 4.35. The largest absolute Gasteiger partial charge is 0.387 e. The summed E-state index contributed by atoms with van der Waals surface area (Å²) in [7, 11) is 1.86. The zero-order valence-electron chi connectivity index (χ0n) is 12.1. The van der Waals surface area contributed by atoms with Gasteiger partial charge in [-0.1, -0.05) is 26.7 Å². The van der Waals surface area contributed by atoms with Gasteiger partial charge in [0, 0.05) is 18.8 Å². The first-order valence-corrected chi connectivity index (χ1v) is 7.14. The quantitative estimate of drug-likeness (QED) is 0.910. The standard InChI is InChI=1S/C15H23N3O/c1-4-13-12(9-18(3)17-13)14(19)15(10-16)7-5-6-11(2)8-15/h9,11,14,19H,4-8H2,1-3H3. The molecule has 0 saturated heterocycles. The molecular formula is C15H23N3O. The second-order valence-corrected chi connectivity index (χ2v) is 5.93. The van der Waals surface area contributed by atoms with Gasteiger partial charge in [-0.3, -0.25) is 4.68 Å². The highest BCUT2D eigenvalue weighted by atomic mass is 16.3. The minimum atomic E-state index is -0.719. The molecule has 4 nitrogen and oxygen atoms in total. The van der Waals surface area contributed by atoms with E-state index in [-0.39, 0.29) is 0 Å². The minimum absolute atomic E-state index is 0.504. The summed E-state index contributed by atoms with van der Waals surface area (Å²) in [6, 6.07) is 2.42. The van der Waals surface area contributed by atoms with Crippen molar-refractivity contribution in [3.8, 4) is 6.07 Å². The van der Waals surface area contributed by atoms with Crippen LogP contribution in [0.3, 0.4) is 0 Å². The molecule has 1 saturated carbocycles. The lowest BCUT2D eigenvalue weighted by molar-refractivity contribution is 0.0213. The van der Waals surface area contributed by atoms with Gasteiger partial charge in [-0.2, -0.15) is 10.4 Å². The van der Waals surface area contributed by atoms with Gasteiger partial charge in [-0.15, -0.1) is 0 Å². The molecule has 1 aliphatic carbocycles. The van der Waals surface area contributed by atoms with Crippen molar-refractivity contribution in [2.45, 2.75) is 52.1 Å². The molecule has 0 amide bonds. The summed E-state index contributed by atoms with van der Waals surface area (Å²) in [5, 5.41) is 24.8. The van der Waals surface area contributed by atoms with Crippen LogP contribution >= 0.6 is 0 Å². The fourth-order valence-electron chi connectivity index (χ4n) is 3.36. The molecule has 19 heavy (non-hydrogen) atoms. The maximum absolute atomic E-state index is 10.8. The Balaban J connectivity index is 2.35. The number of rotatable bonds is 3. The Morgan fingerprint density at radius 2 is 2.42 bits per heavy atom. The second kappa shape index (κ2) is 5.34. The first-order valence-electron chi connectivity index (χ1n) is 7.14. The number of aryl methyl sites for hydroxylation is 2. The van der Waals surface area contributed by atoms with Gasteiger partial charge in [0.15, 0.2) is 0 Å². The molecule has 3 unspecified atom stereocenters. The van der Waals surface area contributed by atoms with Crippen molar-refractivity contribution in [2.24, 2.45) is 18.4 Å². The predicted molar refractivity (Wildman–Crippen MR) is 73.2 cm³/mol. The molecule has 1 aromatic heterocycles. The van der Waals surface area contributed by atoms with Crippen molar-refractivity contribution in [3.63, 3.8) is 0 Å². The molecule has 4 heteroatoms. The predicted octanol–water partition coefficient (Wildman–Crippen LogP) is 2.74. The van der Waals surface area contributed by atoms with E-state index in [1.54, 1.807) is 4.68 Å². The fourth-order valence-corrected chi connectivity index (χ4v) is 3.36. The zero-order chi connectivity index (χ0) is 14.0. The van der Waals surface area contributed by atoms with Crippen LogP contribution in [0.5, 0.6) is 0 Å². The highest BCUT2D eigenvalue weighted by molar-refractivity contribution is 5.25. The van der Waals surface area contributed by atoms with Gasteiger partial charge in [0.1, 0.15) is 6.10 Å². The molecule has 1 aliphatic rings. The van der Waals surface area contributed by atoms with Gasteiger partial charge in [0.25, 0.3) is 0 Å². The van der Waals surface area contributed by atoms with Gasteiger partial charge >= 0.3 is 0 Å². The van der Waals surface area contributed by atoms with Crippen molar-refractivity contribution in [1.29, 1.82) is 5.26 Å². The normalized spacial score (nSPS) is 28.9. The van der Waals surface area contributed by atoms with Crippen LogP contribution < -0.4 is 0 Å². The summed E-state index contributed by atoms with van der Waals surface area (Å²) in [5.41, 5.74) is 1.11. The van der Waals surface area contributed by atoms with Crippen LogP contribution in [0, 0.1) is 22.7 Å². The molecule has 0 radical (unpaired) electrons. The molecule has 1 fully saturated rings. The number of aliphatic hydroxyl groups excluding tert-OH is 1. The maximum Gasteiger partial charge on any atom is 0.101 e. The third kappa shape index (κ3) is 2.52. The van der Waals surface area contributed by atoms with E-state index < -0.39 is 11.5 Å². The smallest absolute Gasteiger partial charge is 0.101 e. The highest BCUT2D eigenvalue weighted by Crippen LogP contribution is 2.47. The average Bonchev–Trinajstić information content (AvgIpc) is 2.78. The summed E-state index contributed by atoms with van der Waals surface area (Å²) < 4.78 is 1.73. The Hall–Kier alpha value is -1.34. The van der Waals surface area contributed by atoms with E-state index in [9.17, 15) is 10.4 Å². The van der Waals surface area contributed by atoms with Crippen molar-refractivity contribution >= 4 is 0 Å². The highest BCUT2D eigenvalue weighted by Gasteiger charge is 2.43. The fraction of sp³-hybridized carbons (Fsp3) is 0.733. The average molecular weight is 261 g/mol. The summed E-state index contributed by atoms with van der Waals surface area (Å²) in [6.07, 6.45) is 5.67. The monoisotopic (exact) mass is 261 g/mol. The lowest BCUT2D eigenvalue weighted by Gasteiger charge is -2.37. The third-order valence-electron chi connectivity index (χ3n) is 4.35. The number of aromatic nitrogens is 2. The van der Waals surface area contributed by atoms with E-state index in [1.165, 1.54) is 0 Å². The Morgan fingerprint density at radius 3 is 3.00 bits per heavy atom. The van der Waals surface area contributed by atoms with Crippen LogP contribution in [-0.4, -0.2) is 14.9 Å². The van der Waals surface area contributed by atoms with Gasteiger partial charge in [-0.05, 0) is 25.2 Å². The minimum Gasteiger partial charge on any atom is -0.387 e. The number of nitrogens with zero attached hydrogens (tertiary/aromatic N) is 3. The first-order chi connectivity index (χ1) is 9.02. The van der Waals surface area contributed by atoms with Crippen molar-refractivity contribution in [3.05, 3.63) is 17.5 Å². The summed E-state index contributed by atoms with van der Waals surface area (Å²) in [5.74, 6) is 0.504. The van der Waals surface area contributed by atoms with Crippen LogP contribution in [0.4, 0.5) is 0 Å². The summed E-state index contributed by atoms with van der Waals surface area (Å²) in [4.78, 5) is 0. The van der Waals surface area contributed by atoms with Crippen LogP contribution in [0.2, 0.25) is 0 Å². The van der Waals surface area contributed by atoms with E-state index in [4.69, 9.17) is 0 Å². The molecule has 0 spiro atoms. The molecule has 0 aliphatic heterocycles. The Morgan fingerprint density at radius 1 is 1.68 bits per heavy atom. The number of aliphatic hydroxyl groups is 1. The van der Waals surface area contributed by atoms with E-state index in [0.29, 0.717) is 5.92 Å². The van der Waals surface area contributed by atoms with Gasteiger partial charge < -0.3 is 5.11 Å². The lowest BCUT2D eigenvalue weighted by Crippen LogP contribution is -2.33. The molecule has 2 rings (SSSR count). The molecule has 1 aromatic rings. The van der Waals surface area contributed by atoms with Crippen molar-refractivity contribution in [1.82, 2.24) is 9.78 Å². The topological polar surface area (TPSA) is 61.8 Å². The number of hydrogen-bond donors (Lipinski definition) is 1. The van der Waals surface area contributed by atoms with Crippen LogP contribution in [0.15, 0.2) is 6.20 Å². The summed E-state index contributed by atoms with van der Waals surface area (Å²) >= 11 is 0. The van der Waals surface area contributed by atoms with Crippen LogP contribution in [0.1, 0.15) is 56.9 Å². The molecule has 1 N–H and O–H groups in total. The second-order valence-electron chi connectivity index (χ2n) is 5.93. The molecule has 0 aromatic carbocycles. The van der Waals surface area contributed by atoms with Gasteiger partial charge in [-0.25, -0.2) is 0 Å². The summed E-state index contributed by atoms with van der Waals surface area (Å²) in [6.45, 7) is 4.20. The molecule has 3 atom stereocenters. The van der Waals surface area contributed by atoms with E-state index in [1.807, 2.05) is 20.2 Å². The van der Waals surface area contributed by atoms with Gasteiger partial charge in [0.2, 0.25) is 0 Å². The van der Waals surface area contributed by atoms with E-state index in [2.05, 4.69) is 18.1 Å². The van der Waals surface area contributed by atoms with E-state index in [0.717, 1.165) is 43.4 Å². The number of nitriles is 1. The Labute approximate surface area is 115 Å². The first kappa shape index (κ1) is 14.1. The molecule has 1 heterocycles. The van der Waals surface area contributed by atoms with Crippen LogP contribution in [0.25, 0.3) is 0 Å². The molecule has 104 valence electrons. The van der Waals surface area contributed by atoms with E-state index >= 15 is 0 Å². The molecule has 0 bridgehead atoms.